The van der Waals surface area contributed by atoms with Crippen LogP contribution in [-0.4, -0.2) is 62.6 Å². The van der Waals surface area contributed by atoms with Crippen LogP contribution < -0.4 is 0 Å². The molecule has 1 aliphatic heterocycles. The lowest BCUT2D eigenvalue weighted by Gasteiger charge is -2.52. The minimum absolute atomic E-state index is 0.0257. The molecule has 3 aromatic carbocycles. The van der Waals surface area contributed by atoms with E-state index in [0.29, 0.717) is 26.3 Å². The van der Waals surface area contributed by atoms with Crippen molar-refractivity contribution in [3.63, 3.8) is 0 Å². The Balaban J connectivity index is 1.64. The highest BCUT2D eigenvalue weighted by Gasteiger charge is 2.61. The molecule has 2 heterocycles. The Kier molecular flexibility index (Phi) is 7.71. The number of nitrogens with one attached hydrogen (secondary N) is 1. The molecule has 4 aromatic rings. The summed E-state index contributed by atoms with van der Waals surface area (Å²) < 4.78 is 88.6. The highest BCUT2D eigenvalue weighted by molar-refractivity contribution is 5.94. The summed E-state index contributed by atoms with van der Waals surface area (Å²) in [6.45, 7) is -1.84. The minimum Gasteiger partial charge on any atom is -0.361 e. The molecule has 1 N–H and O–H groups in total. The smallest absolute Gasteiger partial charge is 0.361 e. The zero-order valence-corrected chi connectivity index (χ0v) is 21.8. The van der Waals surface area contributed by atoms with Crippen LogP contribution in [-0.2, 0) is 13.0 Å². The van der Waals surface area contributed by atoms with Crippen molar-refractivity contribution in [2.24, 2.45) is 0 Å². The predicted octanol–water partition coefficient (Wildman–Crippen LogP) is 6.51. The summed E-state index contributed by atoms with van der Waals surface area (Å²) in [7, 11) is 0. The molecule has 1 aliphatic rings. The molecule has 13 heteroatoms. The maximum absolute atomic E-state index is 15.0. The Morgan fingerprint density at radius 3 is 2.17 bits per heavy atom. The molecular formula is C29H24F6N4O3. The van der Waals surface area contributed by atoms with Crippen molar-refractivity contribution in [1.82, 2.24) is 14.8 Å². The van der Waals surface area contributed by atoms with Gasteiger partial charge in [0.05, 0.1) is 11.0 Å². The van der Waals surface area contributed by atoms with E-state index in [9.17, 15) is 28.1 Å². The number of hydrogen-bond acceptors (Lipinski definition) is 4. The number of piperazine rings is 1. The van der Waals surface area contributed by atoms with Gasteiger partial charge in [-0.3, -0.25) is 19.8 Å². The van der Waals surface area contributed by atoms with Gasteiger partial charge in [-0.1, -0.05) is 48.5 Å². The number of alkyl halides is 6. The molecule has 7 nitrogen and oxygen atoms in total. The number of nitro benzene ring substituents is 1. The standard InChI is InChI=1S/C29H24F6N4O3/c30-28(31,32)25-17-37(27(40)19-6-2-1-3-7-19)24(14-20-15-36-23-9-5-4-8-22(20)23)26(29(33,34)35)38(25)16-18-10-12-21(13-11-18)39(41)42/h1-13,15,24-26,36H,14,16-17H2. The van der Waals surface area contributed by atoms with Crippen molar-refractivity contribution >= 4 is 22.5 Å². The largest absolute Gasteiger partial charge is 0.406 e. The van der Waals surface area contributed by atoms with Crippen LogP contribution in [0.4, 0.5) is 32.0 Å². The molecule has 0 bridgehead atoms. The second kappa shape index (κ2) is 11.1. The third-order valence-corrected chi connectivity index (χ3v) is 7.50. The number of benzene rings is 3. The van der Waals surface area contributed by atoms with Crippen LogP contribution in [0.3, 0.4) is 0 Å². The van der Waals surface area contributed by atoms with Crippen molar-refractivity contribution in [1.29, 1.82) is 0 Å². The Bertz CT molecular complexity index is 1570. The second-order valence-electron chi connectivity index (χ2n) is 10.1. The van der Waals surface area contributed by atoms with E-state index in [1.54, 1.807) is 30.3 Å². The summed E-state index contributed by atoms with van der Waals surface area (Å²) in [5.74, 6) is -0.945. The zero-order chi connectivity index (χ0) is 30.2. The van der Waals surface area contributed by atoms with E-state index in [1.807, 2.05) is 0 Å². The second-order valence-corrected chi connectivity index (χ2v) is 10.1. The van der Waals surface area contributed by atoms with E-state index in [2.05, 4.69) is 4.98 Å². The topological polar surface area (TPSA) is 82.5 Å². The number of aromatic amines is 1. The van der Waals surface area contributed by atoms with Crippen LogP contribution in [0.2, 0.25) is 0 Å². The first-order chi connectivity index (χ1) is 19.8. The van der Waals surface area contributed by atoms with E-state index in [4.69, 9.17) is 0 Å². The first kappa shape index (κ1) is 29.1. The molecule has 1 fully saturated rings. The average molecular weight is 591 g/mol. The number of aromatic nitrogens is 1. The molecule has 220 valence electrons. The minimum atomic E-state index is -5.18. The van der Waals surface area contributed by atoms with Crippen molar-refractivity contribution < 1.29 is 36.1 Å². The highest BCUT2D eigenvalue weighted by atomic mass is 19.4. The third-order valence-electron chi connectivity index (χ3n) is 7.50. The van der Waals surface area contributed by atoms with Gasteiger partial charge >= 0.3 is 12.4 Å². The highest BCUT2D eigenvalue weighted by Crippen LogP contribution is 2.42. The van der Waals surface area contributed by atoms with Crippen LogP contribution in [0.5, 0.6) is 0 Å². The molecule has 0 saturated carbocycles. The summed E-state index contributed by atoms with van der Waals surface area (Å²) in [4.78, 5) is 27.9. The van der Waals surface area contributed by atoms with Gasteiger partial charge in [-0.05, 0) is 35.7 Å². The Hall–Kier alpha value is -4.39. The number of rotatable bonds is 6. The number of fused-ring (bicyclic) bond motifs is 1. The van der Waals surface area contributed by atoms with Crippen molar-refractivity contribution in [3.05, 3.63) is 112 Å². The SMILES string of the molecule is O=C(c1ccccc1)N1CC(C(F)(F)F)N(Cc2ccc([N+](=O)[O-])cc2)C(C(F)(F)F)C1Cc1c[nH]c2ccccc12. The molecule has 3 atom stereocenters. The fourth-order valence-corrected chi connectivity index (χ4v) is 5.58. The molecule has 1 aromatic heterocycles. The molecule has 3 unspecified atom stereocenters. The Morgan fingerprint density at radius 1 is 0.905 bits per heavy atom. The van der Waals surface area contributed by atoms with Crippen LogP contribution in [0.25, 0.3) is 10.9 Å². The zero-order valence-electron chi connectivity index (χ0n) is 21.8. The van der Waals surface area contributed by atoms with Crippen LogP contribution in [0, 0.1) is 10.1 Å². The summed E-state index contributed by atoms with van der Waals surface area (Å²) >= 11 is 0. The number of nitro groups is 1. The van der Waals surface area contributed by atoms with Crippen LogP contribution in [0.1, 0.15) is 21.5 Å². The number of carbonyl (C=O) groups excluding carboxylic acids is 1. The first-order valence-electron chi connectivity index (χ1n) is 12.9. The Morgan fingerprint density at radius 2 is 1.55 bits per heavy atom. The van der Waals surface area contributed by atoms with Gasteiger partial charge in [0.1, 0.15) is 12.1 Å². The lowest BCUT2D eigenvalue weighted by atomic mass is 9.89. The number of hydrogen-bond donors (Lipinski definition) is 1. The summed E-state index contributed by atoms with van der Waals surface area (Å²) in [6.07, 6.45) is -9.20. The quantitative estimate of drug-likeness (QED) is 0.158. The molecule has 5 rings (SSSR count). The van der Waals surface area contributed by atoms with Gasteiger partial charge < -0.3 is 9.88 Å². The van der Waals surface area contributed by atoms with Gasteiger partial charge in [0.2, 0.25) is 0 Å². The number of halogens is 6. The lowest BCUT2D eigenvalue weighted by Crippen LogP contribution is -2.72. The van der Waals surface area contributed by atoms with Gasteiger partial charge in [-0.15, -0.1) is 0 Å². The van der Waals surface area contributed by atoms with Gasteiger partial charge in [-0.2, -0.15) is 26.3 Å². The van der Waals surface area contributed by atoms with E-state index in [0.717, 1.165) is 24.3 Å². The molecule has 1 saturated heterocycles. The fourth-order valence-electron chi connectivity index (χ4n) is 5.58. The summed E-state index contributed by atoms with van der Waals surface area (Å²) in [6, 6.07) is 11.3. The molecule has 0 aliphatic carbocycles. The van der Waals surface area contributed by atoms with E-state index in [-0.39, 0.29) is 23.2 Å². The number of non-ortho nitro benzene ring substituents is 1. The van der Waals surface area contributed by atoms with Gasteiger partial charge in [0, 0.05) is 47.9 Å². The molecular weight excluding hydrogens is 566 g/mol. The summed E-state index contributed by atoms with van der Waals surface area (Å²) in [5, 5.41) is 11.6. The van der Waals surface area contributed by atoms with Crippen LogP contribution >= 0.6 is 0 Å². The molecule has 42 heavy (non-hydrogen) atoms. The van der Waals surface area contributed by atoms with E-state index in [1.165, 1.54) is 30.5 Å². The summed E-state index contributed by atoms with van der Waals surface area (Å²) in [5.41, 5.74) is 0.680. The van der Waals surface area contributed by atoms with Crippen molar-refractivity contribution in [2.75, 3.05) is 6.54 Å². The monoisotopic (exact) mass is 590 g/mol. The van der Waals surface area contributed by atoms with Crippen LogP contribution in [0.15, 0.2) is 85.1 Å². The van der Waals surface area contributed by atoms with E-state index < -0.39 is 54.4 Å². The van der Waals surface area contributed by atoms with Gasteiger partial charge in [0.15, 0.2) is 0 Å². The molecule has 1 amide bonds. The predicted molar refractivity (Wildman–Crippen MR) is 142 cm³/mol. The fraction of sp³-hybridized carbons (Fsp3) is 0.276. The number of carbonyl (C=O) groups is 1. The average Bonchev–Trinajstić information content (AvgIpc) is 3.35. The maximum atomic E-state index is 15.0. The number of H-pyrrole nitrogens is 1. The number of nitrogens with zero attached hydrogens (tertiary/aromatic N) is 3. The number of amides is 1. The first-order valence-corrected chi connectivity index (χ1v) is 12.9. The third kappa shape index (κ3) is 5.82. The maximum Gasteiger partial charge on any atom is 0.406 e. The van der Waals surface area contributed by atoms with Crippen molar-refractivity contribution in [3.8, 4) is 0 Å². The normalized spacial score (nSPS) is 20.1. The van der Waals surface area contributed by atoms with E-state index >= 15 is 13.2 Å². The molecule has 0 radical (unpaired) electrons. The Labute approximate surface area is 235 Å². The number of para-hydroxylation sites is 1. The lowest BCUT2D eigenvalue weighted by molar-refractivity contribution is -0.384. The molecule has 0 spiro atoms. The van der Waals surface area contributed by atoms with Crippen molar-refractivity contribution in [2.45, 2.75) is 43.4 Å². The van der Waals surface area contributed by atoms with Gasteiger partial charge in [-0.25, -0.2) is 0 Å². The van der Waals surface area contributed by atoms with Gasteiger partial charge in [0.25, 0.3) is 11.6 Å².